The van der Waals surface area contributed by atoms with Gasteiger partial charge in [-0.15, -0.1) is 0 Å². The van der Waals surface area contributed by atoms with Crippen LogP contribution < -0.4 is 0 Å². The van der Waals surface area contributed by atoms with Crippen molar-refractivity contribution in [2.75, 3.05) is 0 Å². The molecule has 1 heterocycles. The van der Waals surface area contributed by atoms with Gasteiger partial charge in [-0.2, -0.15) is 0 Å². The highest BCUT2D eigenvalue weighted by molar-refractivity contribution is 5.56. The fourth-order valence-corrected chi connectivity index (χ4v) is 4.47. The van der Waals surface area contributed by atoms with Gasteiger partial charge in [-0.1, -0.05) is 70.8 Å². The van der Waals surface area contributed by atoms with Gasteiger partial charge in [0.2, 0.25) is 0 Å². The number of hydrogen-bond donors (Lipinski definition) is 0. The second kappa shape index (κ2) is 10.7. The van der Waals surface area contributed by atoms with E-state index in [1.165, 1.54) is 64.2 Å². The Hall–Kier alpha value is -1.77. The fraction of sp³-hybridized carbons (Fsp3) is 0.600. The fourth-order valence-electron chi connectivity index (χ4n) is 4.47. The zero-order valence-electron chi connectivity index (χ0n) is 17.6. The minimum Gasteiger partial charge on any atom is -0.236 e. The first-order valence-corrected chi connectivity index (χ1v) is 11.2. The van der Waals surface area contributed by atoms with Crippen LogP contribution in [0.25, 0.3) is 11.4 Å². The lowest BCUT2D eigenvalue weighted by Gasteiger charge is -2.28. The van der Waals surface area contributed by atoms with Crippen molar-refractivity contribution in [3.63, 3.8) is 0 Å². The summed E-state index contributed by atoms with van der Waals surface area (Å²) in [5.41, 5.74) is 2.57. The number of aryl methyl sites for hydroxylation is 2. The topological polar surface area (TPSA) is 25.8 Å². The minimum absolute atomic E-state index is 0.211. The van der Waals surface area contributed by atoms with Gasteiger partial charge in [0.05, 0.1) is 5.56 Å². The summed E-state index contributed by atoms with van der Waals surface area (Å²) in [6.45, 7) is 4.21. The summed E-state index contributed by atoms with van der Waals surface area (Å²) >= 11 is 0. The van der Waals surface area contributed by atoms with Gasteiger partial charge in [0.15, 0.2) is 5.82 Å². The first-order chi connectivity index (χ1) is 13.7. The molecule has 0 amide bonds. The molecule has 152 valence electrons. The van der Waals surface area contributed by atoms with E-state index in [1.54, 1.807) is 18.5 Å². The molecule has 28 heavy (non-hydrogen) atoms. The van der Waals surface area contributed by atoms with Crippen LogP contribution in [0.1, 0.15) is 82.3 Å². The van der Waals surface area contributed by atoms with Crippen molar-refractivity contribution in [3.05, 3.63) is 47.5 Å². The molecular formula is C25H35FN2. The largest absolute Gasteiger partial charge is 0.236 e. The van der Waals surface area contributed by atoms with Crippen LogP contribution in [0.5, 0.6) is 0 Å². The van der Waals surface area contributed by atoms with Crippen LogP contribution in [0.2, 0.25) is 0 Å². The van der Waals surface area contributed by atoms with Gasteiger partial charge in [0, 0.05) is 12.4 Å². The molecule has 1 aliphatic rings. The summed E-state index contributed by atoms with van der Waals surface area (Å²) in [4.78, 5) is 8.49. The van der Waals surface area contributed by atoms with Gasteiger partial charge in [0.25, 0.3) is 0 Å². The normalized spacial score (nSPS) is 19.7. The second-order valence-corrected chi connectivity index (χ2v) is 8.67. The Labute approximate surface area is 170 Å². The molecule has 0 atom stereocenters. The first-order valence-electron chi connectivity index (χ1n) is 11.2. The van der Waals surface area contributed by atoms with Crippen LogP contribution in [0.15, 0.2) is 30.6 Å². The number of halogens is 1. The van der Waals surface area contributed by atoms with Gasteiger partial charge in [0.1, 0.15) is 5.82 Å². The summed E-state index contributed by atoms with van der Waals surface area (Å²) < 4.78 is 14.5. The summed E-state index contributed by atoms with van der Waals surface area (Å²) in [6.07, 6.45) is 18.1. The second-order valence-electron chi connectivity index (χ2n) is 8.67. The van der Waals surface area contributed by atoms with E-state index in [0.29, 0.717) is 11.4 Å². The summed E-state index contributed by atoms with van der Waals surface area (Å²) in [5, 5.41) is 0. The number of aromatic nitrogens is 2. The Morgan fingerprint density at radius 1 is 0.929 bits per heavy atom. The van der Waals surface area contributed by atoms with Crippen molar-refractivity contribution in [1.29, 1.82) is 0 Å². The first kappa shape index (κ1) is 21.0. The third-order valence-electron chi connectivity index (χ3n) is 6.33. The average Bonchev–Trinajstić information content (AvgIpc) is 2.71. The van der Waals surface area contributed by atoms with Gasteiger partial charge in [-0.3, -0.25) is 0 Å². The third-order valence-corrected chi connectivity index (χ3v) is 6.33. The summed E-state index contributed by atoms with van der Waals surface area (Å²) in [5.74, 6) is 2.03. The lowest BCUT2D eigenvalue weighted by molar-refractivity contribution is 0.249. The van der Waals surface area contributed by atoms with Gasteiger partial charge >= 0.3 is 0 Å². The lowest BCUT2D eigenvalue weighted by Crippen LogP contribution is -2.15. The van der Waals surface area contributed by atoms with E-state index in [2.05, 4.69) is 16.9 Å². The third kappa shape index (κ3) is 6.12. The molecule has 1 aromatic carbocycles. The molecular weight excluding hydrogens is 347 g/mol. The number of benzene rings is 1. The van der Waals surface area contributed by atoms with Crippen LogP contribution in [0.4, 0.5) is 4.39 Å². The summed E-state index contributed by atoms with van der Waals surface area (Å²) in [7, 11) is 0. The quantitative estimate of drug-likeness (QED) is 0.425. The maximum absolute atomic E-state index is 14.5. The highest BCUT2D eigenvalue weighted by atomic mass is 19.1. The van der Waals surface area contributed by atoms with Crippen LogP contribution in [0, 0.1) is 24.6 Å². The smallest absolute Gasteiger partial charge is 0.162 e. The predicted octanol–water partition coefficient (Wildman–Crippen LogP) is 7.30. The Balaban J connectivity index is 1.44. The van der Waals surface area contributed by atoms with Crippen molar-refractivity contribution < 1.29 is 4.39 Å². The predicted molar refractivity (Wildman–Crippen MR) is 115 cm³/mol. The highest BCUT2D eigenvalue weighted by Crippen LogP contribution is 2.34. The Bertz CT molecular complexity index is 718. The number of nitrogens with zero attached hydrogens (tertiary/aromatic N) is 2. The zero-order valence-corrected chi connectivity index (χ0v) is 17.6. The molecule has 1 fully saturated rings. The van der Waals surface area contributed by atoms with Crippen molar-refractivity contribution in [3.8, 4) is 11.4 Å². The molecule has 3 rings (SSSR count). The molecule has 0 saturated heterocycles. The van der Waals surface area contributed by atoms with Gasteiger partial charge < -0.3 is 0 Å². The molecule has 3 heteroatoms. The van der Waals surface area contributed by atoms with E-state index >= 15 is 0 Å². The molecule has 0 N–H and O–H groups in total. The lowest BCUT2D eigenvalue weighted by atomic mass is 9.77. The molecule has 2 nitrogen and oxygen atoms in total. The SMILES string of the molecule is CCCCCCC1CCC(CCc2ccc(-c3ncc(C)cn3)c(F)c2)CC1. The number of unbranched alkanes of at least 4 members (excludes halogenated alkanes) is 3. The molecule has 1 aliphatic carbocycles. The number of hydrogen-bond acceptors (Lipinski definition) is 2. The van der Waals surface area contributed by atoms with Gasteiger partial charge in [-0.05, 0) is 54.9 Å². The molecule has 0 unspecified atom stereocenters. The Kier molecular flexibility index (Phi) is 8.00. The molecule has 0 aliphatic heterocycles. The highest BCUT2D eigenvalue weighted by Gasteiger charge is 2.20. The van der Waals surface area contributed by atoms with Crippen LogP contribution >= 0.6 is 0 Å². The van der Waals surface area contributed by atoms with Crippen LogP contribution in [-0.4, -0.2) is 9.97 Å². The monoisotopic (exact) mass is 382 g/mol. The Morgan fingerprint density at radius 2 is 1.61 bits per heavy atom. The van der Waals surface area contributed by atoms with E-state index in [4.69, 9.17) is 0 Å². The van der Waals surface area contributed by atoms with Gasteiger partial charge in [-0.25, -0.2) is 14.4 Å². The molecule has 0 radical (unpaired) electrons. The maximum Gasteiger partial charge on any atom is 0.162 e. The van der Waals surface area contributed by atoms with Crippen molar-refractivity contribution in [2.24, 2.45) is 11.8 Å². The Morgan fingerprint density at radius 3 is 2.25 bits per heavy atom. The minimum atomic E-state index is -0.211. The molecule has 0 bridgehead atoms. The van der Waals surface area contributed by atoms with E-state index < -0.39 is 0 Å². The van der Waals surface area contributed by atoms with E-state index in [9.17, 15) is 4.39 Å². The van der Waals surface area contributed by atoms with E-state index in [-0.39, 0.29) is 5.82 Å². The molecule has 1 saturated carbocycles. The van der Waals surface area contributed by atoms with Crippen LogP contribution in [-0.2, 0) is 6.42 Å². The standard InChI is InChI=1S/C25H35FN2/c1-3-4-5-6-7-20-8-10-21(11-9-20)12-13-22-14-15-23(24(26)16-22)25-27-17-19(2)18-28-25/h14-18,20-21H,3-13H2,1-2H3. The number of rotatable bonds is 9. The molecule has 0 spiro atoms. The zero-order chi connectivity index (χ0) is 19.8. The summed E-state index contributed by atoms with van der Waals surface area (Å²) in [6, 6.07) is 5.56. The van der Waals surface area contributed by atoms with Crippen molar-refractivity contribution >= 4 is 0 Å². The van der Waals surface area contributed by atoms with Crippen molar-refractivity contribution in [2.45, 2.75) is 84.5 Å². The molecule has 1 aromatic heterocycles. The van der Waals surface area contributed by atoms with Crippen LogP contribution in [0.3, 0.4) is 0 Å². The van der Waals surface area contributed by atoms with Crippen molar-refractivity contribution in [1.82, 2.24) is 9.97 Å². The molecule has 2 aromatic rings. The average molecular weight is 383 g/mol. The van der Waals surface area contributed by atoms with E-state index in [1.807, 2.05) is 19.1 Å². The maximum atomic E-state index is 14.5. The van der Waals surface area contributed by atoms with E-state index in [0.717, 1.165) is 29.4 Å².